The number of nitrogens with one attached hydrogen (secondary N) is 1. The number of rotatable bonds is 6. The van der Waals surface area contributed by atoms with Gasteiger partial charge in [-0.2, -0.15) is 0 Å². The van der Waals surface area contributed by atoms with Crippen LogP contribution in [-0.2, 0) is 6.54 Å². The van der Waals surface area contributed by atoms with Gasteiger partial charge in [-0.05, 0) is 57.8 Å². The van der Waals surface area contributed by atoms with Gasteiger partial charge in [-0.25, -0.2) is 0 Å². The summed E-state index contributed by atoms with van der Waals surface area (Å²) in [6, 6.07) is 8.91. The highest BCUT2D eigenvalue weighted by Crippen LogP contribution is 2.22. The Hall–Kier alpha value is -0.860. The summed E-state index contributed by atoms with van der Waals surface area (Å²) >= 11 is 0. The zero-order valence-corrected chi connectivity index (χ0v) is 11.8. The lowest BCUT2D eigenvalue weighted by Gasteiger charge is -2.16. The first-order valence-corrected chi connectivity index (χ1v) is 7.20. The molecule has 1 N–H and O–H groups in total. The van der Waals surface area contributed by atoms with E-state index in [-0.39, 0.29) is 0 Å². The third kappa shape index (κ3) is 4.11. The van der Waals surface area contributed by atoms with Gasteiger partial charge in [0.25, 0.3) is 0 Å². The minimum absolute atomic E-state index is 0.920. The molecule has 0 bridgehead atoms. The van der Waals surface area contributed by atoms with Gasteiger partial charge in [0.05, 0.1) is 0 Å². The number of hydrogen-bond donors (Lipinski definition) is 1. The third-order valence-electron chi connectivity index (χ3n) is 3.90. The molecule has 1 saturated heterocycles. The van der Waals surface area contributed by atoms with Gasteiger partial charge in [0.15, 0.2) is 0 Å². The smallest absolute Gasteiger partial charge is 0.0233 e. The molecule has 100 valence electrons. The number of aryl methyl sites for hydroxylation is 1. The quantitative estimate of drug-likeness (QED) is 0.777. The molecule has 1 aromatic carbocycles. The molecule has 1 aromatic rings. The van der Waals surface area contributed by atoms with Crippen molar-refractivity contribution in [1.82, 2.24) is 10.2 Å². The van der Waals surface area contributed by atoms with Crippen molar-refractivity contribution in [2.75, 3.05) is 26.7 Å². The average molecular weight is 246 g/mol. The molecule has 1 aliphatic rings. The van der Waals surface area contributed by atoms with Crippen LogP contribution in [0.15, 0.2) is 24.3 Å². The maximum atomic E-state index is 3.24. The van der Waals surface area contributed by atoms with Crippen LogP contribution in [0.2, 0.25) is 0 Å². The zero-order chi connectivity index (χ0) is 12.8. The van der Waals surface area contributed by atoms with E-state index in [2.05, 4.69) is 41.4 Å². The Kier molecular flexibility index (Phi) is 5.21. The summed E-state index contributed by atoms with van der Waals surface area (Å²) in [5.74, 6) is 0.920. The molecule has 2 rings (SSSR count). The van der Waals surface area contributed by atoms with Gasteiger partial charge in [0.2, 0.25) is 0 Å². The molecule has 0 aromatic heterocycles. The molecule has 1 fully saturated rings. The SMILES string of the molecule is CNCCCC1CCN(Cc2cccc(C)c2)C1. The van der Waals surface area contributed by atoms with Crippen molar-refractivity contribution >= 4 is 0 Å². The summed E-state index contributed by atoms with van der Waals surface area (Å²) in [6.45, 7) is 7.03. The monoisotopic (exact) mass is 246 g/mol. The lowest BCUT2D eigenvalue weighted by Crippen LogP contribution is -2.20. The Balaban J connectivity index is 1.75. The molecule has 1 unspecified atom stereocenters. The molecule has 0 saturated carbocycles. The molecule has 1 atom stereocenters. The van der Waals surface area contributed by atoms with Crippen molar-refractivity contribution in [2.24, 2.45) is 5.92 Å². The van der Waals surface area contributed by atoms with E-state index < -0.39 is 0 Å². The lowest BCUT2D eigenvalue weighted by molar-refractivity contribution is 0.312. The Bertz CT molecular complexity index is 362. The molecular weight excluding hydrogens is 220 g/mol. The zero-order valence-electron chi connectivity index (χ0n) is 11.8. The van der Waals surface area contributed by atoms with E-state index in [1.54, 1.807) is 0 Å². The summed E-state index contributed by atoms with van der Waals surface area (Å²) in [7, 11) is 2.04. The minimum Gasteiger partial charge on any atom is -0.320 e. The first-order chi connectivity index (χ1) is 8.78. The van der Waals surface area contributed by atoms with Gasteiger partial charge in [0, 0.05) is 13.1 Å². The van der Waals surface area contributed by atoms with Crippen LogP contribution in [0.1, 0.15) is 30.4 Å². The van der Waals surface area contributed by atoms with Gasteiger partial charge in [-0.1, -0.05) is 29.8 Å². The second-order valence-electron chi connectivity index (χ2n) is 5.62. The predicted octanol–water partition coefficient (Wildman–Crippen LogP) is 2.82. The van der Waals surface area contributed by atoms with Crippen LogP contribution in [-0.4, -0.2) is 31.6 Å². The van der Waals surface area contributed by atoms with Crippen molar-refractivity contribution < 1.29 is 0 Å². The summed E-state index contributed by atoms with van der Waals surface area (Å²) in [5.41, 5.74) is 2.84. The molecule has 1 heterocycles. The molecule has 1 aliphatic heterocycles. The number of benzene rings is 1. The van der Waals surface area contributed by atoms with Crippen LogP contribution in [0.4, 0.5) is 0 Å². The fourth-order valence-corrected chi connectivity index (χ4v) is 2.93. The van der Waals surface area contributed by atoms with Gasteiger partial charge in [0.1, 0.15) is 0 Å². The van der Waals surface area contributed by atoms with E-state index in [4.69, 9.17) is 0 Å². The topological polar surface area (TPSA) is 15.3 Å². The predicted molar refractivity (Wildman–Crippen MR) is 77.7 cm³/mol. The van der Waals surface area contributed by atoms with Gasteiger partial charge in [-0.3, -0.25) is 4.90 Å². The Morgan fingerprint density at radius 3 is 3.06 bits per heavy atom. The molecular formula is C16H26N2. The standard InChI is InChI=1S/C16H26N2/c1-14-5-3-6-16(11-14)13-18-10-8-15(12-18)7-4-9-17-2/h3,5-6,11,15,17H,4,7-10,12-13H2,1-2H3. The van der Waals surface area contributed by atoms with Crippen LogP contribution in [0.25, 0.3) is 0 Å². The van der Waals surface area contributed by atoms with Crippen LogP contribution in [0, 0.1) is 12.8 Å². The normalized spacial score (nSPS) is 20.4. The van der Waals surface area contributed by atoms with E-state index in [9.17, 15) is 0 Å². The van der Waals surface area contributed by atoms with Crippen molar-refractivity contribution in [1.29, 1.82) is 0 Å². The summed E-state index contributed by atoms with van der Waals surface area (Å²) in [6.07, 6.45) is 4.08. The fourth-order valence-electron chi connectivity index (χ4n) is 2.93. The first kappa shape index (κ1) is 13.6. The molecule has 2 heteroatoms. The highest BCUT2D eigenvalue weighted by molar-refractivity contribution is 5.22. The van der Waals surface area contributed by atoms with E-state index in [1.807, 2.05) is 7.05 Å². The molecule has 18 heavy (non-hydrogen) atoms. The minimum atomic E-state index is 0.920. The van der Waals surface area contributed by atoms with E-state index >= 15 is 0 Å². The Morgan fingerprint density at radius 1 is 1.39 bits per heavy atom. The number of likely N-dealkylation sites (tertiary alicyclic amines) is 1. The summed E-state index contributed by atoms with van der Waals surface area (Å²) < 4.78 is 0. The summed E-state index contributed by atoms with van der Waals surface area (Å²) in [4.78, 5) is 2.61. The van der Waals surface area contributed by atoms with Crippen molar-refractivity contribution in [2.45, 2.75) is 32.7 Å². The second-order valence-corrected chi connectivity index (χ2v) is 5.62. The van der Waals surface area contributed by atoms with Crippen LogP contribution in [0.3, 0.4) is 0 Å². The number of hydrogen-bond acceptors (Lipinski definition) is 2. The van der Waals surface area contributed by atoms with E-state index in [1.165, 1.54) is 43.5 Å². The lowest BCUT2D eigenvalue weighted by atomic mass is 10.0. The Morgan fingerprint density at radius 2 is 2.28 bits per heavy atom. The van der Waals surface area contributed by atoms with Crippen LogP contribution < -0.4 is 5.32 Å². The molecule has 0 amide bonds. The van der Waals surface area contributed by atoms with Gasteiger partial charge >= 0.3 is 0 Å². The molecule has 0 spiro atoms. The van der Waals surface area contributed by atoms with Crippen molar-refractivity contribution in [3.05, 3.63) is 35.4 Å². The maximum Gasteiger partial charge on any atom is 0.0233 e. The fraction of sp³-hybridized carbons (Fsp3) is 0.625. The third-order valence-corrected chi connectivity index (χ3v) is 3.90. The van der Waals surface area contributed by atoms with E-state index in [0.29, 0.717) is 0 Å². The van der Waals surface area contributed by atoms with Crippen molar-refractivity contribution in [3.8, 4) is 0 Å². The van der Waals surface area contributed by atoms with Crippen LogP contribution >= 0.6 is 0 Å². The van der Waals surface area contributed by atoms with E-state index in [0.717, 1.165) is 19.0 Å². The van der Waals surface area contributed by atoms with Gasteiger partial charge < -0.3 is 5.32 Å². The van der Waals surface area contributed by atoms with Crippen LogP contribution in [0.5, 0.6) is 0 Å². The Labute approximate surface area is 111 Å². The molecule has 0 aliphatic carbocycles. The highest BCUT2D eigenvalue weighted by Gasteiger charge is 2.21. The number of nitrogens with zero attached hydrogens (tertiary/aromatic N) is 1. The first-order valence-electron chi connectivity index (χ1n) is 7.20. The second kappa shape index (κ2) is 6.91. The average Bonchev–Trinajstić information content (AvgIpc) is 2.77. The van der Waals surface area contributed by atoms with Crippen molar-refractivity contribution in [3.63, 3.8) is 0 Å². The highest BCUT2D eigenvalue weighted by atomic mass is 15.1. The molecule has 2 nitrogen and oxygen atoms in total. The maximum absolute atomic E-state index is 3.24. The largest absolute Gasteiger partial charge is 0.320 e. The van der Waals surface area contributed by atoms with Gasteiger partial charge in [-0.15, -0.1) is 0 Å². The summed E-state index contributed by atoms with van der Waals surface area (Å²) in [5, 5.41) is 3.24. The molecule has 0 radical (unpaired) electrons.